The predicted octanol–water partition coefficient (Wildman–Crippen LogP) is 2.66. The van der Waals surface area contributed by atoms with Crippen LogP contribution in [0.2, 0.25) is 5.02 Å². The molecule has 0 fully saturated rings. The van der Waals surface area contributed by atoms with E-state index >= 15 is 0 Å². The van der Waals surface area contributed by atoms with Gasteiger partial charge in [-0.25, -0.2) is 0 Å². The molecule has 0 atom stereocenters. The summed E-state index contributed by atoms with van der Waals surface area (Å²) in [6.45, 7) is 10.4. The number of halogens is 1. The van der Waals surface area contributed by atoms with E-state index in [-0.39, 0.29) is 22.7 Å². The Hall–Kier alpha value is -3.11. The molecule has 1 aliphatic rings. The van der Waals surface area contributed by atoms with E-state index < -0.39 is 5.91 Å². The highest BCUT2D eigenvalue weighted by atomic mass is 35.5. The molecule has 3 N–H and O–H groups in total. The number of carbonyl (C=O) groups is 1. The maximum absolute atomic E-state index is 12.7. The van der Waals surface area contributed by atoms with Gasteiger partial charge in [-0.3, -0.25) is 15.1 Å². The molecule has 2 aromatic rings. The van der Waals surface area contributed by atoms with Crippen LogP contribution in [0.15, 0.2) is 29.4 Å². The fourth-order valence-corrected chi connectivity index (χ4v) is 2.77. The van der Waals surface area contributed by atoms with Gasteiger partial charge >= 0.3 is 0 Å². The second kappa shape index (κ2) is 6.79. The molecule has 0 saturated carbocycles. The number of guanidine groups is 1. The van der Waals surface area contributed by atoms with Crippen molar-refractivity contribution in [1.82, 2.24) is 15.6 Å². The van der Waals surface area contributed by atoms with Gasteiger partial charge in [-0.05, 0) is 18.1 Å². The fourth-order valence-electron chi connectivity index (χ4n) is 2.55. The van der Waals surface area contributed by atoms with Crippen LogP contribution in [0.25, 0.3) is 16.0 Å². The molecule has 8 heteroatoms. The number of benzene rings is 1. The minimum absolute atomic E-state index is 0.0169. The summed E-state index contributed by atoms with van der Waals surface area (Å²) in [7, 11) is 0. The van der Waals surface area contributed by atoms with Crippen molar-refractivity contribution < 1.29 is 9.90 Å². The van der Waals surface area contributed by atoms with Gasteiger partial charge in [0, 0.05) is 12.1 Å². The number of aliphatic imine (C=N–C) groups is 1. The number of pyridine rings is 1. The summed E-state index contributed by atoms with van der Waals surface area (Å²) in [4.78, 5) is 24.1. The molecule has 0 aliphatic carbocycles. The zero-order valence-electron chi connectivity index (χ0n) is 13.3. The van der Waals surface area contributed by atoms with Gasteiger partial charge in [0.1, 0.15) is 0 Å². The van der Waals surface area contributed by atoms with Crippen LogP contribution < -0.4 is 10.6 Å². The van der Waals surface area contributed by atoms with Crippen molar-refractivity contribution in [1.29, 1.82) is 0 Å². The number of amides is 1. The van der Waals surface area contributed by atoms with Gasteiger partial charge in [0.25, 0.3) is 11.7 Å². The summed E-state index contributed by atoms with van der Waals surface area (Å²) in [6.07, 6.45) is 1.08. The van der Waals surface area contributed by atoms with Crippen molar-refractivity contribution in [3.8, 4) is 16.9 Å². The second-order valence-corrected chi connectivity index (χ2v) is 5.75. The summed E-state index contributed by atoms with van der Waals surface area (Å²) in [5.74, 6) is -0.620. The van der Waals surface area contributed by atoms with Crippen molar-refractivity contribution in [2.75, 3.05) is 13.1 Å². The molecule has 126 valence electrons. The molecule has 1 aromatic heterocycles. The quantitative estimate of drug-likeness (QED) is 0.722. The third-order valence-corrected chi connectivity index (χ3v) is 4.24. The molecule has 2 heterocycles. The van der Waals surface area contributed by atoms with E-state index in [2.05, 4.69) is 25.5 Å². The zero-order chi connectivity index (χ0) is 18.0. The highest BCUT2D eigenvalue weighted by molar-refractivity contribution is 6.34. The summed E-state index contributed by atoms with van der Waals surface area (Å²) in [5.41, 5.74) is 1.37. The molecule has 1 aromatic carbocycles. The minimum atomic E-state index is -0.592. The predicted molar refractivity (Wildman–Crippen MR) is 95.1 cm³/mol. The van der Waals surface area contributed by atoms with Gasteiger partial charge < -0.3 is 15.3 Å². The van der Waals surface area contributed by atoms with E-state index in [1.54, 1.807) is 12.1 Å². The molecular formula is C17H14ClN5O2. The van der Waals surface area contributed by atoms with Crippen molar-refractivity contribution in [2.45, 2.75) is 6.92 Å². The Morgan fingerprint density at radius 1 is 1.48 bits per heavy atom. The van der Waals surface area contributed by atoms with Crippen LogP contribution in [0.3, 0.4) is 0 Å². The van der Waals surface area contributed by atoms with Crippen LogP contribution in [0.5, 0.6) is 5.75 Å². The lowest BCUT2D eigenvalue weighted by Crippen LogP contribution is -2.38. The van der Waals surface area contributed by atoms with Crippen molar-refractivity contribution in [3.63, 3.8) is 0 Å². The molecule has 0 spiro atoms. The van der Waals surface area contributed by atoms with E-state index in [4.69, 9.17) is 18.2 Å². The molecule has 0 bridgehead atoms. The molecule has 1 aliphatic heterocycles. The van der Waals surface area contributed by atoms with Crippen LogP contribution in [0.1, 0.15) is 15.9 Å². The smallest absolute Gasteiger partial charge is 0.278 e. The maximum Gasteiger partial charge on any atom is 0.278 e. The van der Waals surface area contributed by atoms with Gasteiger partial charge in [-0.1, -0.05) is 36.4 Å². The Kier molecular flexibility index (Phi) is 4.55. The summed E-state index contributed by atoms with van der Waals surface area (Å²) in [6, 6.07) is 5.26. The molecule has 0 unspecified atom stereocenters. The number of aromatic nitrogens is 1. The standard InChI is InChI=1S/C17H14ClN5O2/c1-9-4-3-5-10(14(9)18)12-13(11(24)8-22-15(12)19-2)16(25)23-17-20-6-7-21-17/h3-5,8,24H,6-7H2,1H3,(H2,20,21,23,25). The van der Waals surface area contributed by atoms with E-state index in [0.717, 1.165) is 11.8 Å². The number of carbonyl (C=O) groups excluding carboxylic acids is 1. The average Bonchev–Trinajstić information content (AvgIpc) is 3.10. The van der Waals surface area contributed by atoms with Gasteiger partial charge in [-0.2, -0.15) is 0 Å². The Labute approximate surface area is 149 Å². The van der Waals surface area contributed by atoms with E-state index in [1.807, 2.05) is 13.0 Å². The Morgan fingerprint density at radius 2 is 2.28 bits per heavy atom. The Bertz CT molecular complexity index is 933. The highest BCUT2D eigenvalue weighted by Gasteiger charge is 2.25. The first-order valence-corrected chi connectivity index (χ1v) is 7.85. The fraction of sp³-hybridized carbons (Fsp3) is 0.176. The topological polar surface area (TPSA) is 91.0 Å². The molecule has 3 rings (SSSR count). The number of aromatic hydroxyl groups is 1. The van der Waals surface area contributed by atoms with Crippen LogP contribution >= 0.6 is 11.6 Å². The zero-order valence-corrected chi connectivity index (χ0v) is 14.1. The summed E-state index contributed by atoms with van der Waals surface area (Å²) >= 11 is 6.38. The van der Waals surface area contributed by atoms with Gasteiger partial charge in [0.15, 0.2) is 17.9 Å². The van der Waals surface area contributed by atoms with E-state index in [9.17, 15) is 9.90 Å². The Morgan fingerprint density at radius 3 is 2.96 bits per heavy atom. The molecule has 0 saturated heterocycles. The molecule has 0 radical (unpaired) electrons. The van der Waals surface area contributed by atoms with Crippen LogP contribution in [0.4, 0.5) is 5.82 Å². The van der Waals surface area contributed by atoms with Crippen molar-refractivity contribution >= 4 is 29.3 Å². The summed E-state index contributed by atoms with van der Waals surface area (Å²) in [5, 5.41) is 16.2. The number of rotatable bonds is 2. The lowest BCUT2D eigenvalue weighted by atomic mass is 9.97. The summed E-state index contributed by atoms with van der Waals surface area (Å²) < 4.78 is 0. The first-order valence-electron chi connectivity index (χ1n) is 7.47. The van der Waals surface area contributed by atoms with Crippen molar-refractivity contribution in [2.24, 2.45) is 4.99 Å². The van der Waals surface area contributed by atoms with E-state index in [1.165, 1.54) is 0 Å². The van der Waals surface area contributed by atoms with E-state index in [0.29, 0.717) is 29.6 Å². The average molecular weight is 356 g/mol. The first-order chi connectivity index (χ1) is 12.0. The minimum Gasteiger partial charge on any atom is -0.504 e. The lowest BCUT2D eigenvalue weighted by molar-refractivity contribution is 0.0974. The van der Waals surface area contributed by atoms with Gasteiger partial charge in [0.05, 0.1) is 17.1 Å². The number of hydrogen-bond donors (Lipinski definition) is 3. The monoisotopic (exact) mass is 355 g/mol. The van der Waals surface area contributed by atoms with Gasteiger partial charge in [-0.15, -0.1) is 4.98 Å². The second-order valence-electron chi connectivity index (χ2n) is 5.38. The van der Waals surface area contributed by atoms with Crippen LogP contribution in [-0.2, 0) is 0 Å². The number of nitrogens with zero attached hydrogens (tertiary/aromatic N) is 3. The number of nitrogens with one attached hydrogen (secondary N) is 2. The van der Waals surface area contributed by atoms with Crippen LogP contribution in [0, 0.1) is 13.5 Å². The number of aryl methyl sites for hydroxylation is 1. The maximum atomic E-state index is 12.7. The third-order valence-electron chi connectivity index (χ3n) is 3.74. The first kappa shape index (κ1) is 16.7. The normalized spacial score (nSPS) is 12.9. The third kappa shape index (κ3) is 3.12. The molecule has 7 nitrogen and oxygen atoms in total. The highest BCUT2D eigenvalue weighted by Crippen LogP contribution is 2.40. The Balaban J connectivity index is 2.19. The molecular weight excluding hydrogens is 342 g/mol. The molecule has 25 heavy (non-hydrogen) atoms. The SMILES string of the molecule is [C-]#[N+]c1ncc(O)c(C(=O)NC2=NCCN2)c1-c1cccc(C)c1Cl. The molecule has 1 amide bonds. The van der Waals surface area contributed by atoms with Crippen molar-refractivity contribution in [3.05, 3.63) is 52.0 Å². The van der Waals surface area contributed by atoms with Crippen LogP contribution in [-0.4, -0.2) is 35.0 Å². The lowest BCUT2D eigenvalue weighted by Gasteiger charge is -2.14. The number of hydrogen-bond acceptors (Lipinski definition) is 5. The largest absolute Gasteiger partial charge is 0.504 e. The van der Waals surface area contributed by atoms with Gasteiger partial charge in [0.2, 0.25) is 0 Å².